The lowest BCUT2D eigenvalue weighted by molar-refractivity contribution is -0.115. The van der Waals surface area contributed by atoms with Crippen LogP contribution in [-0.2, 0) is 9.59 Å². The molecule has 0 aliphatic rings. The summed E-state index contributed by atoms with van der Waals surface area (Å²) in [5, 5.41) is 16.2. The molecule has 1 unspecified atom stereocenters. The van der Waals surface area contributed by atoms with E-state index in [0.29, 0.717) is 16.4 Å². The van der Waals surface area contributed by atoms with Crippen LogP contribution in [-0.4, -0.2) is 38.9 Å². The quantitative estimate of drug-likeness (QED) is 0.0879. The van der Waals surface area contributed by atoms with Crippen LogP contribution in [0.25, 0.3) is 6.08 Å². The first-order valence-corrected chi connectivity index (χ1v) is 16.1. The molecule has 0 aliphatic carbocycles. The zero-order valence-electron chi connectivity index (χ0n) is 22.4. The lowest BCUT2D eigenvalue weighted by atomic mass is 10.1. The molecule has 1 atom stereocenters. The van der Waals surface area contributed by atoms with Crippen LogP contribution in [0.5, 0.6) is 0 Å². The van der Waals surface area contributed by atoms with Crippen LogP contribution < -0.4 is 16.0 Å². The van der Waals surface area contributed by atoms with Gasteiger partial charge in [0.1, 0.15) is 11.5 Å². The van der Waals surface area contributed by atoms with Gasteiger partial charge in [0.05, 0.1) is 10.8 Å². The summed E-state index contributed by atoms with van der Waals surface area (Å²) < 4.78 is 15.9. The van der Waals surface area contributed by atoms with Gasteiger partial charge < -0.3 is 10.6 Å². The molecule has 42 heavy (non-hydrogen) atoms. The van der Waals surface area contributed by atoms with Crippen molar-refractivity contribution in [3.05, 3.63) is 99.9 Å². The third-order valence-electron chi connectivity index (χ3n) is 5.49. The van der Waals surface area contributed by atoms with E-state index < -0.39 is 22.9 Å². The summed E-state index contributed by atoms with van der Waals surface area (Å²) in [5.74, 6) is -1.36. The molecule has 13 heteroatoms. The second-order valence-corrected chi connectivity index (χ2v) is 13.4. The normalized spacial score (nSPS) is 12.0. The molecule has 0 spiro atoms. The van der Waals surface area contributed by atoms with Crippen molar-refractivity contribution in [1.29, 1.82) is 0 Å². The van der Waals surface area contributed by atoms with E-state index in [4.69, 9.17) is 0 Å². The molecule has 3 amide bonds. The number of nitrogens with one attached hydrogen (secondary N) is 3. The molecule has 4 aromatic rings. The summed E-state index contributed by atoms with van der Waals surface area (Å²) >= 11 is 7.62. The van der Waals surface area contributed by atoms with Crippen molar-refractivity contribution < 1.29 is 18.8 Å². The van der Waals surface area contributed by atoms with Crippen molar-refractivity contribution in [3.8, 4) is 0 Å². The van der Waals surface area contributed by atoms with Gasteiger partial charge in [-0.05, 0) is 72.8 Å². The highest BCUT2D eigenvalue weighted by molar-refractivity contribution is 9.10. The Balaban J connectivity index is 1.42. The first kappa shape index (κ1) is 31.4. The Kier molecular flexibility index (Phi) is 11.3. The predicted octanol–water partition coefficient (Wildman–Crippen LogP) is 7.08. The zero-order chi connectivity index (χ0) is 30.1. The highest BCUT2D eigenvalue weighted by Gasteiger charge is 2.19. The van der Waals surface area contributed by atoms with E-state index in [1.165, 1.54) is 47.4 Å². The second kappa shape index (κ2) is 15.1. The summed E-state index contributed by atoms with van der Waals surface area (Å²) in [6.07, 6.45) is 1.51. The number of aromatic nitrogens is 2. The van der Waals surface area contributed by atoms with E-state index >= 15 is 0 Å². The maximum absolute atomic E-state index is 14.2. The van der Waals surface area contributed by atoms with Gasteiger partial charge in [0.25, 0.3) is 11.8 Å². The summed E-state index contributed by atoms with van der Waals surface area (Å²) in [6, 6.07) is 19.6. The molecule has 4 rings (SSSR count). The van der Waals surface area contributed by atoms with Gasteiger partial charge in [0.2, 0.25) is 11.0 Å². The molecule has 0 fully saturated rings. The second-order valence-electron chi connectivity index (χ2n) is 8.58. The maximum atomic E-state index is 14.2. The predicted molar refractivity (Wildman–Crippen MR) is 171 cm³/mol. The van der Waals surface area contributed by atoms with E-state index in [-0.39, 0.29) is 17.2 Å². The van der Waals surface area contributed by atoms with Gasteiger partial charge in [-0.15, -0.1) is 22.0 Å². The van der Waals surface area contributed by atoms with Gasteiger partial charge in [0.15, 0.2) is 4.34 Å². The smallest absolute Gasteiger partial charge is 0.272 e. The van der Waals surface area contributed by atoms with Crippen LogP contribution in [0, 0.1) is 5.82 Å². The first-order chi connectivity index (χ1) is 20.2. The fraction of sp³-hybridized carbons (Fsp3) is 0.138. The number of rotatable bonds is 11. The molecule has 0 aliphatic heterocycles. The van der Waals surface area contributed by atoms with Gasteiger partial charge in [-0.3, -0.25) is 19.7 Å². The molecule has 0 saturated carbocycles. The third-order valence-corrected chi connectivity index (χ3v) is 8.99. The number of carbonyl (C=O) groups excluding carboxylic acids is 3. The summed E-state index contributed by atoms with van der Waals surface area (Å²) in [6.45, 7) is 3.81. The third kappa shape index (κ3) is 8.99. The van der Waals surface area contributed by atoms with Crippen molar-refractivity contribution in [2.45, 2.75) is 28.3 Å². The average molecular weight is 687 g/mol. The molecule has 0 radical (unpaired) electrons. The lowest BCUT2D eigenvalue weighted by Crippen LogP contribution is -2.31. The molecule has 8 nitrogen and oxygen atoms in total. The summed E-state index contributed by atoms with van der Waals surface area (Å²) in [4.78, 5) is 39.5. The molecular weight excluding hydrogens is 661 g/mol. The molecule has 0 saturated heterocycles. The Morgan fingerprint density at radius 2 is 1.71 bits per heavy atom. The van der Waals surface area contributed by atoms with Crippen LogP contribution in [0.15, 0.2) is 92.2 Å². The van der Waals surface area contributed by atoms with E-state index in [1.54, 1.807) is 73.3 Å². The van der Waals surface area contributed by atoms with Crippen molar-refractivity contribution >= 4 is 85.4 Å². The van der Waals surface area contributed by atoms with Crippen LogP contribution in [0.1, 0.15) is 29.8 Å². The topological polar surface area (TPSA) is 113 Å². The van der Waals surface area contributed by atoms with Crippen molar-refractivity contribution in [2.24, 2.45) is 0 Å². The van der Waals surface area contributed by atoms with Crippen LogP contribution in [0.2, 0.25) is 0 Å². The first-order valence-electron chi connectivity index (χ1n) is 12.6. The Morgan fingerprint density at radius 3 is 2.40 bits per heavy atom. The minimum absolute atomic E-state index is 0.0634. The van der Waals surface area contributed by atoms with Gasteiger partial charge in [-0.2, -0.15) is 0 Å². The van der Waals surface area contributed by atoms with Crippen molar-refractivity contribution in [2.75, 3.05) is 16.4 Å². The molecule has 0 bridgehead atoms. The van der Waals surface area contributed by atoms with Crippen LogP contribution >= 0.6 is 50.8 Å². The van der Waals surface area contributed by atoms with E-state index in [2.05, 4.69) is 42.1 Å². The monoisotopic (exact) mass is 685 g/mol. The van der Waals surface area contributed by atoms with E-state index in [9.17, 15) is 18.8 Å². The molecule has 1 heterocycles. The molecule has 3 aromatic carbocycles. The summed E-state index contributed by atoms with van der Waals surface area (Å²) in [7, 11) is 0. The number of anilines is 2. The minimum Gasteiger partial charge on any atom is -0.321 e. The highest BCUT2D eigenvalue weighted by atomic mass is 79.9. The fourth-order valence-corrected chi connectivity index (χ4v) is 6.22. The summed E-state index contributed by atoms with van der Waals surface area (Å²) in [5.41, 5.74) is 0.882. The lowest BCUT2D eigenvalue weighted by Gasteiger charge is -2.13. The minimum atomic E-state index is -0.750. The van der Waals surface area contributed by atoms with Crippen LogP contribution in [0.3, 0.4) is 0 Å². The van der Waals surface area contributed by atoms with Crippen molar-refractivity contribution in [1.82, 2.24) is 15.5 Å². The van der Waals surface area contributed by atoms with Gasteiger partial charge in [-0.25, -0.2) is 4.39 Å². The number of carbonyl (C=O) groups is 3. The number of hydrogen-bond donors (Lipinski definition) is 3. The number of nitrogens with zero attached hydrogens (tertiary/aromatic N) is 2. The molecular formula is C29H25BrFN5O3S3. The van der Waals surface area contributed by atoms with E-state index in [1.807, 2.05) is 6.92 Å². The Labute approximate surface area is 263 Å². The highest BCUT2D eigenvalue weighted by Crippen LogP contribution is 2.28. The van der Waals surface area contributed by atoms with Gasteiger partial charge in [-0.1, -0.05) is 70.2 Å². The molecule has 3 N–H and O–H groups in total. The Bertz CT molecular complexity index is 1600. The number of amides is 3. The number of halogens is 2. The average Bonchev–Trinajstić information content (AvgIpc) is 3.41. The Morgan fingerprint density at radius 1 is 1.00 bits per heavy atom. The Hall–Kier alpha value is -3.52. The number of benzene rings is 3. The zero-order valence-corrected chi connectivity index (χ0v) is 26.4. The number of hydrogen-bond acceptors (Lipinski definition) is 8. The maximum Gasteiger partial charge on any atom is 0.272 e. The molecule has 216 valence electrons. The largest absolute Gasteiger partial charge is 0.321 e. The SMILES string of the molecule is CCSc1nnc(NC(=O)C(C)Sc2ccc(NC(=O)/C(=C\c3ccc(Br)cc3)NC(=O)c3ccccc3F)cc2)s1. The van der Waals surface area contributed by atoms with Crippen LogP contribution in [0.4, 0.5) is 15.2 Å². The van der Waals surface area contributed by atoms with E-state index in [0.717, 1.165) is 19.5 Å². The van der Waals surface area contributed by atoms with Crippen molar-refractivity contribution in [3.63, 3.8) is 0 Å². The van der Waals surface area contributed by atoms with Gasteiger partial charge in [0, 0.05) is 15.1 Å². The van der Waals surface area contributed by atoms with Gasteiger partial charge >= 0.3 is 0 Å². The fourth-order valence-electron chi connectivity index (χ4n) is 3.44. The number of thioether (sulfide) groups is 2. The molecule has 1 aromatic heterocycles. The standard InChI is InChI=1S/C29H25BrFN5O3S3/c1-3-40-29-36-35-28(42-29)34-25(37)17(2)41-21-14-12-20(13-15-21)32-27(39)24(16-18-8-10-19(30)11-9-18)33-26(38)22-6-4-5-7-23(22)31/h4-17H,3H2,1-2H3,(H,32,39)(H,33,38)(H,34,35,37)/b24-16+.